The number of unbranched alkanes of at least 4 members (excludes halogenated alkanes) is 1. The molecule has 1 aliphatic heterocycles. The van der Waals surface area contributed by atoms with Crippen molar-refractivity contribution in [2.45, 2.75) is 77.5 Å². The minimum Gasteiger partial charge on any atom is -0.390 e. The number of hydrogen-bond acceptors (Lipinski definition) is 2. The van der Waals surface area contributed by atoms with Gasteiger partial charge in [0.2, 0.25) is 0 Å². The van der Waals surface area contributed by atoms with Crippen LogP contribution in [0.4, 0.5) is 0 Å². The molecule has 3 rings (SSSR count). The average Bonchev–Trinajstić information content (AvgIpc) is 2.89. The van der Waals surface area contributed by atoms with Crippen LogP contribution in [0.1, 0.15) is 70.7 Å². The van der Waals surface area contributed by atoms with Crippen LogP contribution in [0.3, 0.4) is 0 Å². The van der Waals surface area contributed by atoms with Gasteiger partial charge in [-0.1, -0.05) is 38.0 Å². The van der Waals surface area contributed by atoms with Gasteiger partial charge in [0.05, 0.1) is 11.6 Å². The van der Waals surface area contributed by atoms with Crippen molar-refractivity contribution in [2.75, 3.05) is 6.54 Å². The zero-order valence-electron chi connectivity index (χ0n) is 15.6. The summed E-state index contributed by atoms with van der Waals surface area (Å²) in [6, 6.07) is 9.51. The number of aliphatic hydroxyl groups is 1. The molecule has 2 unspecified atom stereocenters. The lowest BCUT2D eigenvalue weighted by atomic mass is 9.90. The van der Waals surface area contributed by atoms with Crippen molar-refractivity contribution < 1.29 is 5.11 Å². The second-order valence-corrected chi connectivity index (χ2v) is 8.07. The number of benzene rings is 1. The van der Waals surface area contributed by atoms with Gasteiger partial charge in [-0.3, -0.25) is 4.90 Å². The molecule has 3 heteroatoms. The molecule has 2 heterocycles. The molecule has 0 fully saturated rings. The fraction of sp³-hybridized carbons (Fsp3) is 0.619. The molecular formula is C21H32N2O. The smallest absolute Gasteiger partial charge is 0.0606 e. The van der Waals surface area contributed by atoms with E-state index >= 15 is 0 Å². The maximum atomic E-state index is 10.3. The van der Waals surface area contributed by atoms with Gasteiger partial charge in [-0.05, 0) is 51.7 Å². The Morgan fingerprint density at radius 2 is 2.08 bits per heavy atom. The van der Waals surface area contributed by atoms with Gasteiger partial charge in [0, 0.05) is 29.2 Å². The van der Waals surface area contributed by atoms with E-state index in [4.69, 9.17) is 0 Å². The van der Waals surface area contributed by atoms with Gasteiger partial charge in [-0.2, -0.15) is 0 Å². The molecule has 2 aromatic rings. The number of aromatic nitrogens is 1. The normalized spacial score (nSPS) is 20.3. The molecule has 1 aromatic carbocycles. The first-order valence-corrected chi connectivity index (χ1v) is 9.48. The Bertz CT molecular complexity index is 683. The van der Waals surface area contributed by atoms with Gasteiger partial charge in [0.1, 0.15) is 0 Å². The van der Waals surface area contributed by atoms with Crippen LogP contribution in [0.15, 0.2) is 24.3 Å². The third-order valence-corrected chi connectivity index (χ3v) is 5.39. The van der Waals surface area contributed by atoms with Crippen molar-refractivity contribution in [1.82, 2.24) is 9.88 Å². The first-order chi connectivity index (χ1) is 11.4. The second-order valence-electron chi connectivity index (χ2n) is 8.07. The summed E-state index contributed by atoms with van der Waals surface area (Å²) in [5.41, 5.74) is 3.58. The summed E-state index contributed by atoms with van der Waals surface area (Å²) in [7, 11) is 0. The van der Waals surface area contributed by atoms with Crippen molar-refractivity contribution in [3.63, 3.8) is 0 Å². The van der Waals surface area contributed by atoms with Gasteiger partial charge in [-0.25, -0.2) is 0 Å². The molecule has 1 aromatic heterocycles. The highest BCUT2D eigenvalue weighted by Gasteiger charge is 2.34. The van der Waals surface area contributed by atoms with Crippen molar-refractivity contribution in [3.05, 3.63) is 35.5 Å². The van der Waals surface area contributed by atoms with E-state index in [2.05, 4.69) is 48.0 Å². The lowest BCUT2D eigenvalue weighted by molar-refractivity contribution is 0.0206. The number of hydrogen-bond donors (Lipinski definition) is 2. The molecule has 0 saturated heterocycles. The van der Waals surface area contributed by atoms with Crippen LogP contribution in [0.25, 0.3) is 10.9 Å². The molecule has 1 aliphatic rings. The number of rotatable bonds is 6. The number of aromatic amines is 1. The molecule has 0 aliphatic carbocycles. The van der Waals surface area contributed by atoms with Crippen LogP contribution in [-0.4, -0.2) is 33.2 Å². The van der Waals surface area contributed by atoms with Crippen molar-refractivity contribution in [3.8, 4) is 0 Å². The number of nitrogens with one attached hydrogen (secondary N) is 1. The number of para-hydroxylation sites is 1. The number of fused-ring (bicyclic) bond motifs is 3. The minimum atomic E-state index is -0.616. The summed E-state index contributed by atoms with van der Waals surface area (Å²) in [4.78, 5) is 6.33. The van der Waals surface area contributed by atoms with Gasteiger partial charge in [-0.15, -0.1) is 0 Å². The van der Waals surface area contributed by atoms with Crippen molar-refractivity contribution in [2.24, 2.45) is 0 Å². The highest BCUT2D eigenvalue weighted by atomic mass is 16.3. The third-order valence-electron chi connectivity index (χ3n) is 5.39. The standard InChI is InChI=1S/C21H32N2O/c1-5-6-11-19-20-17(16-9-7-8-10-18(16)22-20)12-13-23(19)15(2)14-21(3,4)24/h7-10,15,19,22,24H,5-6,11-14H2,1-4H3. The summed E-state index contributed by atoms with van der Waals surface area (Å²) in [5.74, 6) is 0. The summed E-state index contributed by atoms with van der Waals surface area (Å²) >= 11 is 0. The minimum absolute atomic E-state index is 0.381. The van der Waals surface area contributed by atoms with E-state index in [9.17, 15) is 5.11 Å². The maximum absolute atomic E-state index is 10.3. The Morgan fingerprint density at radius 1 is 1.33 bits per heavy atom. The first kappa shape index (κ1) is 17.5. The highest BCUT2D eigenvalue weighted by molar-refractivity contribution is 5.85. The van der Waals surface area contributed by atoms with Crippen LogP contribution >= 0.6 is 0 Å². The van der Waals surface area contributed by atoms with E-state index in [1.54, 1.807) is 0 Å². The molecule has 0 spiro atoms. The highest BCUT2D eigenvalue weighted by Crippen LogP contribution is 2.39. The Hall–Kier alpha value is -1.32. The zero-order chi connectivity index (χ0) is 17.3. The molecule has 0 bridgehead atoms. The molecule has 132 valence electrons. The molecular weight excluding hydrogens is 296 g/mol. The Labute approximate surface area is 146 Å². The summed E-state index contributed by atoms with van der Waals surface area (Å²) in [6.45, 7) is 9.45. The number of nitrogens with zero attached hydrogens (tertiary/aromatic N) is 1. The summed E-state index contributed by atoms with van der Waals surface area (Å²) in [5, 5.41) is 11.6. The van der Waals surface area contributed by atoms with E-state index in [-0.39, 0.29) is 0 Å². The Balaban J connectivity index is 1.94. The average molecular weight is 329 g/mol. The SMILES string of the molecule is CCCCC1c2[nH]c3ccccc3c2CCN1C(C)CC(C)(C)O. The maximum Gasteiger partial charge on any atom is 0.0606 e. The van der Waals surface area contributed by atoms with Crippen molar-refractivity contribution in [1.29, 1.82) is 0 Å². The van der Waals surface area contributed by atoms with E-state index < -0.39 is 5.60 Å². The molecule has 0 saturated carbocycles. The van der Waals surface area contributed by atoms with Crippen LogP contribution in [0, 0.1) is 0 Å². The van der Waals surface area contributed by atoms with Crippen LogP contribution < -0.4 is 0 Å². The van der Waals surface area contributed by atoms with E-state index in [1.807, 2.05) is 13.8 Å². The van der Waals surface area contributed by atoms with E-state index in [1.165, 1.54) is 41.4 Å². The van der Waals surface area contributed by atoms with Gasteiger partial charge >= 0.3 is 0 Å². The molecule has 24 heavy (non-hydrogen) atoms. The van der Waals surface area contributed by atoms with Crippen LogP contribution in [0.5, 0.6) is 0 Å². The lowest BCUT2D eigenvalue weighted by Gasteiger charge is -2.41. The van der Waals surface area contributed by atoms with E-state index in [0.717, 1.165) is 19.4 Å². The molecule has 2 N–H and O–H groups in total. The summed E-state index contributed by atoms with van der Waals surface area (Å²) < 4.78 is 0. The predicted molar refractivity (Wildman–Crippen MR) is 101 cm³/mol. The molecule has 0 radical (unpaired) electrons. The topological polar surface area (TPSA) is 39.3 Å². The van der Waals surface area contributed by atoms with Gasteiger partial charge in [0.25, 0.3) is 0 Å². The van der Waals surface area contributed by atoms with Crippen LogP contribution in [-0.2, 0) is 6.42 Å². The Kier molecular flexibility index (Phi) is 5.03. The Morgan fingerprint density at radius 3 is 2.79 bits per heavy atom. The summed E-state index contributed by atoms with van der Waals surface area (Å²) in [6.07, 6.45) is 5.56. The van der Waals surface area contributed by atoms with Crippen LogP contribution in [0.2, 0.25) is 0 Å². The monoisotopic (exact) mass is 328 g/mol. The first-order valence-electron chi connectivity index (χ1n) is 9.48. The van der Waals surface area contributed by atoms with E-state index in [0.29, 0.717) is 12.1 Å². The zero-order valence-corrected chi connectivity index (χ0v) is 15.6. The third kappa shape index (κ3) is 3.52. The predicted octanol–water partition coefficient (Wildman–Crippen LogP) is 4.81. The molecule has 3 nitrogen and oxygen atoms in total. The molecule has 2 atom stereocenters. The quantitative estimate of drug-likeness (QED) is 0.799. The molecule has 0 amide bonds. The largest absolute Gasteiger partial charge is 0.390 e. The number of H-pyrrole nitrogens is 1. The fourth-order valence-corrected chi connectivity index (χ4v) is 4.41. The second kappa shape index (κ2) is 6.89. The van der Waals surface area contributed by atoms with Crippen molar-refractivity contribution >= 4 is 10.9 Å². The van der Waals surface area contributed by atoms with Gasteiger partial charge < -0.3 is 10.1 Å². The lowest BCUT2D eigenvalue weighted by Crippen LogP contribution is -2.44. The fourth-order valence-electron chi connectivity index (χ4n) is 4.41. The van der Waals surface area contributed by atoms with Gasteiger partial charge in [0.15, 0.2) is 0 Å².